The van der Waals surface area contributed by atoms with Crippen LogP contribution in [0.25, 0.3) is 16.8 Å². The molecule has 2 nitrogen and oxygen atoms in total. The van der Waals surface area contributed by atoms with E-state index < -0.39 is 0 Å². The Morgan fingerprint density at radius 2 is 1.89 bits per heavy atom. The van der Waals surface area contributed by atoms with Crippen LogP contribution in [-0.2, 0) is 0 Å². The highest BCUT2D eigenvalue weighted by molar-refractivity contribution is 6.33. The zero-order valence-corrected chi connectivity index (χ0v) is 11.1. The van der Waals surface area contributed by atoms with Gasteiger partial charge in [0.2, 0.25) is 0 Å². The molecule has 2 heterocycles. The van der Waals surface area contributed by atoms with E-state index in [4.69, 9.17) is 11.6 Å². The first-order valence-corrected chi connectivity index (χ1v) is 6.93. The van der Waals surface area contributed by atoms with E-state index in [1.165, 1.54) is 24.0 Å². The molecule has 3 aromatic rings. The Hall–Kier alpha value is -1.80. The van der Waals surface area contributed by atoms with Crippen molar-refractivity contribution in [2.24, 2.45) is 0 Å². The number of nitrogens with zero attached hydrogens (tertiary/aromatic N) is 2. The molecule has 1 fully saturated rings. The Morgan fingerprint density at radius 3 is 2.63 bits per heavy atom. The van der Waals surface area contributed by atoms with Gasteiger partial charge >= 0.3 is 0 Å². The molecule has 1 aliphatic rings. The lowest BCUT2D eigenvalue weighted by atomic mass is 10.1. The maximum Gasteiger partial charge on any atom is 0.0864 e. The molecule has 0 spiro atoms. The number of benzene rings is 1. The molecule has 0 atom stereocenters. The third kappa shape index (κ3) is 1.83. The monoisotopic (exact) mass is 268 g/mol. The number of hydrogen-bond donors (Lipinski definition) is 0. The predicted octanol–water partition coefficient (Wildman–Crippen LogP) is 4.53. The van der Waals surface area contributed by atoms with Crippen LogP contribution in [0, 0.1) is 0 Å². The average molecular weight is 269 g/mol. The molecular weight excluding hydrogens is 256 g/mol. The van der Waals surface area contributed by atoms with Crippen molar-refractivity contribution >= 4 is 17.1 Å². The molecule has 1 saturated carbocycles. The van der Waals surface area contributed by atoms with E-state index in [1.807, 2.05) is 10.6 Å². The Balaban J connectivity index is 2.02. The van der Waals surface area contributed by atoms with Gasteiger partial charge in [-0.2, -0.15) is 5.10 Å². The Labute approximate surface area is 116 Å². The molecule has 1 aromatic carbocycles. The topological polar surface area (TPSA) is 17.3 Å². The Kier molecular flexibility index (Phi) is 2.39. The van der Waals surface area contributed by atoms with Crippen LogP contribution in [0.4, 0.5) is 0 Å². The third-order valence-corrected chi connectivity index (χ3v) is 4.00. The minimum Gasteiger partial charge on any atom is -0.232 e. The number of pyridine rings is 1. The second-order valence-electron chi connectivity index (χ2n) is 5.10. The van der Waals surface area contributed by atoms with E-state index in [2.05, 4.69) is 41.5 Å². The molecule has 2 aromatic heterocycles. The fourth-order valence-corrected chi connectivity index (χ4v) is 2.72. The van der Waals surface area contributed by atoms with Crippen LogP contribution in [0.15, 0.2) is 48.7 Å². The minimum atomic E-state index is 0.707. The number of halogens is 1. The summed E-state index contributed by atoms with van der Waals surface area (Å²) in [4.78, 5) is 0. The fourth-order valence-electron chi connectivity index (χ4n) is 2.55. The maximum atomic E-state index is 6.25. The summed E-state index contributed by atoms with van der Waals surface area (Å²) in [6.45, 7) is 0. The van der Waals surface area contributed by atoms with Crippen LogP contribution >= 0.6 is 11.6 Å². The molecule has 0 unspecified atom stereocenters. The van der Waals surface area contributed by atoms with Crippen molar-refractivity contribution in [2.45, 2.75) is 18.8 Å². The fraction of sp³-hybridized carbons (Fsp3) is 0.188. The standard InChI is InChI=1S/C16H13ClN2/c17-14-10-18-19-15(12-4-2-1-3-5-12)8-13(9-16(14)19)11-6-7-11/h1-5,8-11H,6-7H2. The van der Waals surface area contributed by atoms with E-state index in [1.54, 1.807) is 6.20 Å². The number of rotatable bonds is 2. The van der Waals surface area contributed by atoms with Gasteiger partial charge < -0.3 is 0 Å². The molecule has 0 radical (unpaired) electrons. The van der Waals surface area contributed by atoms with Crippen molar-refractivity contribution in [2.75, 3.05) is 0 Å². The summed E-state index contributed by atoms with van der Waals surface area (Å²) in [5.74, 6) is 0.707. The van der Waals surface area contributed by atoms with Crippen LogP contribution in [-0.4, -0.2) is 9.61 Å². The van der Waals surface area contributed by atoms with Crippen LogP contribution in [0.1, 0.15) is 24.3 Å². The lowest BCUT2D eigenvalue weighted by Gasteiger charge is -2.08. The smallest absolute Gasteiger partial charge is 0.0864 e. The largest absolute Gasteiger partial charge is 0.232 e. The van der Waals surface area contributed by atoms with Crippen molar-refractivity contribution in [1.29, 1.82) is 0 Å². The van der Waals surface area contributed by atoms with Gasteiger partial charge in [0.05, 0.1) is 22.4 Å². The highest BCUT2D eigenvalue weighted by atomic mass is 35.5. The first kappa shape index (κ1) is 11.1. The molecule has 0 amide bonds. The van der Waals surface area contributed by atoms with Crippen LogP contribution < -0.4 is 0 Å². The lowest BCUT2D eigenvalue weighted by molar-refractivity contribution is 0.958. The number of hydrogen-bond acceptors (Lipinski definition) is 1. The van der Waals surface area contributed by atoms with Gasteiger partial charge in [0.15, 0.2) is 0 Å². The molecular formula is C16H13ClN2. The van der Waals surface area contributed by atoms with Crippen molar-refractivity contribution in [3.8, 4) is 11.3 Å². The van der Waals surface area contributed by atoms with Gasteiger partial charge in [-0.3, -0.25) is 0 Å². The SMILES string of the molecule is Clc1cnn2c(-c3ccccc3)cc(C3CC3)cc12. The highest BCUT2D eigenvalue weighted by Crippen LogP contribution is 2.42. The van der Waals surface area contributed by atoms with Crippen molar-refractivity contribution in [3.63, 3.8) is 0 Å². The molecule has 0 N–H and O–H groups in total. The maximum absolute atomic E-state index is 6.25. The second kappa shape index (κ2) is 4.10. The summed E-state index contributed by atoms with van der Waals surface area (Å²) < 4.78 is 1.93. The second-order valence-corrected chi connectivity index (χ2v) is 5.51. The van der Waals surface area contributed by atoms with Gasteiger partial charge in [-0.1, -0.05) is 41.9 Å². The van der Waals surface area contributed by atoms with Gasteiger partial charge in [-0.15, -0.1) is 0 Å². The van der Waals surface area contributed by atoms with Crippen molar-refractivity contribution < 1.29 is 0 Å². The van der Waals surface area contributed by atoms with Gasteiger partial charge in [-0.25, -0.2) is 4.52 Å². The van der Waals surface area contributed by atoms with Gasteiger partial charge in [0, 0.05) is 5.56 Å². The minimum absolute atomic E-state index is 0.707. The summed E-state index contributed by atoms with van der Waals surface area (Å²) in [6.07, 6.45) is 4.30. The summed E-state index contributed by atoms with van der Waals surface area (Å²) in [7, 11) is 0. The van der Waals surface area contributed by atoms with Crippen molar-refractivity contribution in [3.05, 3.63) is 59.2 Å². The normalized spacial score (nSPS) is 15.0. The van der Waals surface area contributed by atoms with E-state index in [0.29, 0.717) is 5.92 Å². The molecule has 0 saturated heterocycles. The van der Waals surface area contributed by atoms with Crippen molar-refractivity contribution in [1.82, 2.24) is 9.61 Å². The predicted molar refractivity (Wildman–Crippen MR) is 77.6 cm³/mol. The van der Waals surface area contributed by atoms with Gasteiger partial charge in [-0.05, 0) is 36.5 Å². The van der Waals surface area contributed by atoms with E-state index >= 15 is 0 Å². The first-order chi connectivity index (χ1) is 9.33. The van der Waals surface area contributed by atoms with Crippen LogP contribution in [0.3, 0.4) is 0 Å². The van der Waals surface area contributed by atoms with E-state index in [9.17, 15) is 0 Å². The summed E-state index contributed by atoms with van der Waals surface area (Å²) in [5.41, 5.74) is 4.68. The molecule has 0 aliphatic heterocycles. The molecule has 94 valence electrons. The van der Waals surface area contributed by atoms with Crippen LogP contribution in [0.5, 0.6) is 0 Å². The zero-order valence-electron chi connectivity index (χ0n) is 10.4. The molecule has 19 heavy (non-hydrogen) atoms. The summed E-state index contributed by atoms with van der Waals surface area (Å²) >= 11 is 6.25. The molecule has 4 rings (SSSR count). The first-order valence-electron chi connectivity index (χ1n) is 6.55. The summed E-state index contributed by atoms with van der Waals surface area (Å²) in [6, 6.07) is 14.8. The molecule has 3 heteroatoms. The molecule has 1 aliphatic carbocycles. The number of aromatic nitrogens is 2. The molecule has 0 bridgehead atoms. The van der Waals surface area contributed by atoms with Gasteiger partial charge in [0.25, 0.3) is 0 Å². The Morgan fingerprint density at radius 1 is 1.11 bits per heavy atom. The average Bonchev–Trinajstić information content (AvgIpc) is 3.24. The lowest BCUT2D eigenvalue weighted by Crippen LogP contribution is -1.96. The highest BCUT2D eigenvalue weighted by Gasteiger charge is 2.25. The number of fused-ring (bicyclic) bond motifs is 1. The third-order valence-electron chi connectivity index (χ3n) is 3.71. The summed E-state index contributed by atoms with van der Waals surface area (Å²) in [5, 5.41) is 5.12. The quantitative estimate of drug-likeness (QED) is 0.667. The van der Waals surface area contributed by atoms with Gasteiger partial charge in [0.1, 0.15) is 0 Å². The zero-order chi connectivity index (χ0) is 12.8. The van der Waals surface area contributed by atoms with Crippen LogP contribution in [0.2, 0.25) is 5.02 Å². The van der Waals surface area contributed by atoms with E-state index in [0.717, 1.165) is 16.2 Å². The Bertz CT molecular complexity index is 742. The van der Waals surface area contributed by atoms with E-state index in [-0.39, 0.29) is 0 Å².